The van der Waals surface area contributed by atoms with Gasteiger partial charge in [0.2, 0.25) is 10.0 Å². The number of hydrogen-bond donors (Lipinski definition) is 2. The van der Waals surface area contributed by atoms with Crippen LogP contribution in [-0.4, -0.2) is 20.5 Å². The van der Waals surface area contributed by atoms with E-state index in [-0.39, 0.29) is 12.1 Å². The Morgan fingerprint density at radius 2 is 1.89 bits per heavy atom. The first-order valence-corrected chi connectivity index (χ1v) is 8.23. The van der Waals surface area contributed by atoms with Crippen molar-refractivity contribution >= 4 is 10.0 Å². The van der Waals surface area contributed by atoms with E-state index in [1.54, 1.807) is 6.07 Å². The van der Waals surface area contributed by atoms with Crippen LogP contribution in [0.5, 0.6) is 0 Å². The van der Waals surface area contributed by atoms with Gasteiger partial charge >= 0.3 is 0 Å². The van der Waals surface area contributed by atoms with Crippen molar-refractivity contribution in [3.63, 3.8) is 0 Å². The number of hydrogen-bond acceptors (Lipinski definition) is 3. The molecule has 0 unspecified atom stereocenters. The summed E-state index contributed by atoms with van der Waals surface area (Å²) in [7, 11) is -3.47. The van der Waals surface area contributed by atoms with E-state index in [1.165, 1.54) is 0 Å². The highest BCUT2D eigenvalue weighted by Crippen LogP contribution is 2.21. The van der Waals surface area contributed by atoms with Crippen LogP contribution in [0.15, 0.2) is 23.1 Å². The van der Waals surface area contributed by atoms with E-state index in [1.807, 2.05) is 26.0 Å². The number of sulfonamides is 1. The molecule has 19 heavy (non-hydrogen) atoms. The molecule has 1 aliphatic carbocycles. The van der Waals surface area contributed by atoms with Crippen molar-refractivity contribution in [1.82, 2.24) is 4.72 Å². The molecule has 2 rings (SSSR count). The van der Waals surface area contributed by atoms with Crippen LogP contribution in [0.3, 0.4) is 0 Å². The molecule has 2 atom stereocenters. The first-order chi connectivity index (χ1) is 8.90. The van der Waals surface area contributed by atoms with Gasteiger partial charge in [0.05, 0.1) is 4.90 Å². The monoisotopic (exact) mass is 282 g/mol. The summed E-state index contributed by atoms with van der Waals surface area (Å²) >= 11 is 0. The molecule has 1 aromatic rings. The van der Waals surface area contributed by atoms with Crippen LogP contribution < -0.4 is 10.5 Å². The van der Waals surface area contributed by atoms with Crippen molar-refractivity contribution in [2.45, 2.75) is 56.5 Å². The summed E-state index contributed by atoms with van der Waals surface area (Å²) in [6, 6.07) is 5.16. The van der Waals surface area contributed by atoms with Crippen molar-refractivity contribution in [3.8, 4) is 0 Å². The molecule has 1 aliphatic rings. The standard InChI is InChI=1S/C14H22N2O2S/c1-10-7-8-14(11(2)9-10)19(17,18)16-13-6-4-3-5-12(13)15/h7-9,12-13,16H,3-6,15H2,1-2H3/t12-,13-/m1/s1. The number of nitrogens with one attached hydrogen (secondary N) is 1. The zero-order valence-electron chi connectivity index (χ0n) is 11.5. The number of aryl methyl sites for hydroxylation is 2. The average Bonchev–Trinajstić information content (AvgIpc) is 2.31. The second kappa shape index (κ2) is 5.61. The Labute approximate surface area is 115 Å². The van der Waals surface area contributed by atoms with Crippen molar-refractivity contribution in [3.05, 3.63) is 29.3 Å². The van der Waals surface area contributed by atoms with Gasteiger partial charge in [0, 0.05) is 12.1 Å². The van der Waals surface area contributed by atoms with Gasteiger partial charge in [0.25, 0.3) is 0 Å². The summed E-state index contributed by atoms with van der Waals surface area (Å²) in [5, 5.41) is 0. The Hall–Kier alpha value is -0.910. The fourth-order valence-electron chi connectivity index (χ4n) is 2.67. The molecule has 0 amide bonds. The molecule has 0 spiro atoms. The topological polar surface area (TPSA) is 72.2 Å². The number of rotatable bonds is 3. The smallest absolute Gasteiger partial charge is 0.241 e. The Bertz CT molecular complexity index is 555. The fraction of sp³-hybridized carbons (Fsp3) is 0.571. The lowest BCUT2D eigenvalue weighted by atomic mass is 9.92. The molecule has 0 heterocycles. The molecule has 4 nitrogen and oxygen atoms in total. The highest BCUT2D eigenvalue weighted by Gasteiger charge is 2.27. The molecule has 0 saturated heterocycles. The van der Waals surface area contributed by atoms with E-state index < -0.39 is 10.0 Å². The minimum Gasteiger partial charge on any atom is -0.326 e. The van der Waals surface area contributed by atoms with Crippen molar-refractivity contribution in [2.75, 3.05) is 0 Å². The first-order valence-electron chi connectivity index (χ1n) is 6.75. The second-order valence-corrected chi connectivity index (χ2v) is 7.13. The number of nitrogens with two attached hydrogens (primary N) is 1. The predicted molar refractivity (Wildman–Crippen MR) is 76.5 cm³/mol. The van der Waals surface area contributed by atoms with E-state index in [0.29, 0.717) is 4.90 Å². The van der Waals surface area contributed by atoms with Gasteiger partial charge < -0.3 is 5.73 Å². The fourth-order valence-corrected chi connectivity index (χ4v) is 4.22. The maximum absolute atomic E-state index is 12.4. The van der Waals surface area contributed by atoms with Gasteiger partial charge in [-0.2, -0.15) is 0 Å². The highest BCUT2D eigenvalue weighted by molar-refractivity contribution is 7.89. The largest absolute Gasteiger partial charge is 0.326 e. The summed E-state index contributed by atoms with van der Waals surface area (Å²) in [5.41, 5.74) is 7.84. The van der Waals surface area contributed by atoms with Crippen molar-refractivity contribution in [1.29, 1.82) is 0 Å². The normalized spacial score (nSPS) is 24.4. The molecule has 3 N–H and O–H groups in total. The van der Waals surface area contributed by atoms with Crippen LogP contribution in [-0.2, 0) is 10.0 Å². The molecule has 0 radical (unpaired) electrons. The quantitative estimate of drug-likeness (QED) is 0.888. The molecule has 5 heteroatoms. The molecule has 1 aromatic carbocycles. The van der Waals surface area contributed by atoms with Crippen LogP contribution in [0.2, 0.25) is 0 Å². The third-order valence-corrected chi connectivity index (χ3v) is 5.40. The third-order valence-electron chi connectivity index (χ3n) is 3.75. The number of benzene rings is 1. The predicted octanol–water partition coefficient (Wildman–Crippen LogP) is 1.85. The molecule has 1 saturated carbocycles. The molecular weight excluding hydrogens is 260 g/mol. The van der Waals surface area contributed by atoms with Gasteiger partial charge in [-0.05, 0) is 38.3 Å². The van der Waals surface area contributed by atoms with Crippen LogP contribution in [0, 0.1) is 13.8 Å². The van der Waals surface area contributed by atoms with Gasteiger partial charge in [0.1, 0.15) is 0 Å². The zero-order chi connectivity index (χ0) is 14.0. The second-order valence-electron chi connectivity index (χ2n) is 5.45. The molecule has 0 aliphatic heterocycles. The minimum atomic E-state index is -3.47. The average molecular weight is 282 g/mol. The van der Waals surface area contributed by atoms with Gasteiger partial charge in [-0.3, -0.25) is 0 Å². The van der Waals surface area contributed by atoms with E-state index >= 15 is 0 Å². The Morgan fingerprint density at radius 3 is 2.53 bits per heavy atom. The van der Waals surface area contributed by atoms with Crippen LogP contribution in [0.1, 0.15) is 36.8 Å². The van der Waals surface area contributed by atoms with Gasteiger partial charge in [-0.15, -0.1) is 0 Å². The van der Waals surface area contributed by atoms with E-state index in [9.17, 15) is 8.42 Å². The molecular formula is C14H22N2O2S. The van der Waals surface area contributed by atoms with Crippen LogP contribution in [0.25, 0.3) is 0 Å². The molecule has 106 valence electrons. The lowest BCUT2D eigenvalue weighted by Gasteiger charge is -2.29. The van der Waals surface area contributed by atoms with Crippen LogP contribution >= 0.6 is 0 Å². The van der Waals surface area contributed by atoms with Gasteiger partial charge in [0.15, 0.2) is 0 Å². The third kappa shape index (κ3) is 3.35. The lowest BCUT2D eigenvalue weighted by molar-refractivity contribution is 0.361. The molecule has 0 aromatic heterocycles. The van der Waals surface area contributed by atoms with Crippen molar-refractivity contribution in [2.24, 2.45) is 5.73 Å². The lowest BCUT2D eigenvalue weighted by Crippen LogP contribution is -2.49. The summed E-state index contributed by atoms with van der Waals surface area (Å²) in [4.78, 5) is 0.357. The highest BCUT2D eigenvalue weighted by atomic mass is 32.2. The summed E-state index contributed by atoms with van der Waals surface area (Å²) < 4.78 is 27.6. The van der Waals surface area contributed by atoms with Gasteiger partial charge in [-0.1, -0.05) is 30.5 Å². The Morgan fingerprint density at radius 1 is 1.21 bits per heavy atom. The van der Waals surface area contributed by atoms with E-state index in [2.05, 4.69) is 4.72 Å². The maximum Gasteiger partial charge on any atom is 0.241 e. The first kappa shape index (κ1) is 14.5. The van der Waals surface area contributed by atoms with E-state index in [0.717, 1.165) is 36.8 Å². The van der Waals surface area contributed by atoms with E-state index in [4.69, 9.17) is 5.73 Å². The minimum absolute atomic E-state index is 0.0747. The maximum atomic E-state index is 12.4. The summed E-state index contributed by atoms with van der Waals surface area (Å²) in [5.74, 6) is 0. The Balaban J connectivity index is 2.22. The molecule has 0 bridgehead atoms. The summed E-state index contributed by atoms with van der Waals surface area (Å²) in [6.45, 7) is 3.77. The van der Waals surface area contributed by atoms with Crippen molar-refractivity contribution < 1.29 is 8.42 Å². The summed E-state index contributed by atoms with van der Waals surface area (Å²) in [6.07, 6.45) is 3.84. The molecule has 1 fully saturated rings. The Kier molecular flexibility index (Phi) is 4.28. The SMILES string of the molecule is Cc1ccc(S(=O)(=O)N[C@@H]2CCCC[C@H]2N)c(C)c1. The zero-order valence-corrected chi connectivity index (χ0v) is 12.3. The van der Waals surface area contributed by atoms with Gasteiger partial charge in [-0.25, -0.2) is 13.1 Å². The van der Waals surface area contributed by atoms with Crippen LogP contribution in [0.4, 0.5) is 0 Å².